The molecule has 4 heteroatoms. The van der Waals surface area contributed by atoms with Crippen molar-refractivity contribution in [3.05, 3.63) is 11.6 Å². The average molecular weight is 348 g/mol. The molecule has 4 aliphatic carbocycles. The number of aliphatic hydroxyl groups is 3. The lowest BCUT2D eigenvalue weighted by atomic mass is 9.45. The number of aliphatic hydroxyl groups excluding tert-OH is 2. The maximum atomic E-state index is 12.2. The maximum absolute atomic E-state index is 12.2. The first-order chi connectivity index (χ1) is 11.6. The molecule has 0 heterocycles. The van der Waals surface area contributed by atoms with Crippen molar-refractivity contribution in [1.29, 1.82) is 0 Å². The number of carbonyl (C=O) groups excluding carboxylic acids is 1. The predicted octanol–water partition coefficient (Wildman–Crippen LogP) is 2.60. The number of carbonyl (C=O) groups is 1. The van der Waals surface area contributed by atoms with Gasteiger partial charge in [-0.2, -0.15) is 0 Å². The van der Waals surface area contributed by atoms with E-state index in [-0.39, 0.29) is 29.1 Å². The smallest absolute Gasteiger partial charge is 0.161 e. The van der Waals surface area contributed by atoms with E-state index < -0.39 is 17.1 Å². The molecule has 0 bridgehead atoms. The molecule has 0 saturated heterocycles. The first-order valence-electron chi connectivity index (χ1n) is 9.94. The van der Waals surface area contributed by atoms with Gasteiger partial charge in [0, 0.05) is 5.41 Å². The van der Waals surface area contributed by atoms with Crippen LogP contribution in [0.2, 0.25) is 0 Å². The normalized spacial score (nSPS) is 55.0. The molecule has 8 atom stereocenters. The van der Waals surface area contributed by atoms with E-state index in [1.54, 1.807) is 0 Å². The molecule has 3 N–H and O–H groups in total. The fourth-order valence-electron chi connectivity index (χ4n) is 7.27. The second-order valence-corrected chi connectivity index (χ2v) is 9.69. The third-order valence-electron chi connectivity index (χ3n) is 8.84. The summed E-state index contributed by atoms with van der Waals surface area (Å²) in [7, 11) is 0. The van der Waals surface area contributed by atoms with Crippen LogP contribution in [0, 0.1) is 28.6 Å². The van der Waals surface area contributed by atoms with Crippen molar-refractivity contribution >= 4 is 5.78 Å². The SMILES string of the molecule is CC(=O)[C@@]1(O)CC[C@H]2[C@@H]3C(O)CC4=CC(O)CC[C@]4(C)[C@H]3CC[C@@]21C. The number of rotatable bonds is 1. The molecule has 0 aliphatic heterocycles. The van der Waals surface area contributed by atoms with Gasteiger partial charge >= 0.3 is 0 Å². The number of hydrogen-bond acceptors (Lipinski definition) is 4. The van der Waals surface area contributed by atoms with Gasteiger partial charge < -0.3 is 15.3 Å². The molecule has 3 saturated carbocycles. The van der Waals surface area contributed by atoms with Crippen molar-refractivity contribution < 1.29 is 20.1 Å². The lowest BCUT2D eigenvalue weighted by Crippen LogP contribution is -2.59. The number of fused-ring (bicyclic) bond motifs is 5. The molecule has 4 aliphatic rings. The third kappa shape index (κ3) is 2.14. The van der Waals surface area contributed by atoms with Crippen LogP contribution in [0.5, 0.6) is 0 Å². The zero-order chi connectivity index (χ0) is 18.2. The molecule has 0 amide bonds. The summed E-state index contributed by atoms with van der Waals surface area (Å²) < 4.78 is 0. The van der Waals surface area contributed by atoms with Gasteiger partial charge in [0.2, 0.25) is 0 Å². The zero-order valence-corrected chi connectivity index (χ0v) is 15.7. The Balaban J connectivity index is 1.73. The van der Waals surface area contributed by atoms with Gasteiger partial charge in [-0.15, -0.1) is 0 Å². The summed E-state index contributed by atoms with van der Waals surface area (Å²) in [6.45, 7) is 5.90. The Bertz CT molecular complexity index is 627. The van der Waals surface area contributed by atoms with Crippen molar-refractivity contribution in [3.8, 4) is 0 Å². The van der Waals surface area contributed by atoms with Crippen LogP contribution in [-0.4, -0.2) is 38.9 Å². The van der Waals surface area contributed by atoms with E-state index in [4.69, 9.17) is 0 Å². The van der Waals surface area contributed by atoms with Crippen LogP contribution in [0.15, 0.2) is 11.6 Å². The first-order valence-corrected chi connectivity index (χ1v) is 9.94. The monoisotopic (exact) mass is 348 g/mol. The minimum absolute atomic E-state index is 0.0430. The van der Waals surface area contributed by atoms with Gasteiger partial charge in [-0.05, 0) is 75.0 Å². The fraction of sp³-hybridized carbons (Fsp3) is 0.857. The lowest BCUT2D eigenvalue weighted by molar-refractivity contribution is -0.168. The molecule has 25 heavy (non-hydrogen) atoms. The van der Waals surface area contributed by atoms with Crippen LogP contribution >= 0.6 is 0 Å². The van der Waals surface area contributed by atoms with E-state index in [9.17, 15) is 20.1 Å². The molecule has 0 aromatic heterocycles. The minimum Gasteiger partial charge on any atom is -0.392 e. The Hall–Kier alpha value is -0.710. The molecule has 0 aromatic carbocycles. The molecule has 4 rings (SSSR count). The van der Waals surface area contributed by atoms with Crippen LogP contribution in [-0.2, 0) is 4.79 Å². The topological polar surface area (TPSA) is 77.8 Å². The van der Waals surface area contributed by atoms with E-state index in [0.717, 1.165) is 32.1 Å². The molecule has 4 nitrogen and oxygen atoms in total. The highest BCUT2D eigenvalue weighted by molar-refractivity contribution is 5.86. The summed E-state index contributed by atoms with van der Waals surface area (Å²) in [5.74, 6) is 0.598. The van der Waals surface area contributed by atoms with Crippen molar-refractivity contribution in [2.45, 2.75) is 83.5 Å². The van der Waals surface area contributed by atoms with Crippen LogP contribution in [0.25, 0.3) is 0 Å². The van der Waals surface area contributed by atoms with Gasteiger partial charge in [-0.1, -0.05) is 25.5 Å². The molecule has 140 valence electrons. The molecular formula is C21H32O4. The lowest BCUT2D eigenvalue weighted by Gasteiger charge is -2.60. The second kappa shape index (κ2) is 5.40. The Labute approximate surface area is 150 Å². The summed E-state index contributed by atoms with van der Waals surface area (Å²) in [5.41, 5.74) is -0.389. The molecule has 3 fully saturated rings. The van der Waals surface area contributed by atoms with E-state index in [1.165, 1.54) is 12.5 Å². The largest absolute Gasteiger partial charge is 0.392 e. The molecule has 0 spiro atoms. The van der Waals surface area contributed by atoms with Crippen LogP contribution in [0.1, 0.15) is 65.7 Å². The quantitative estimate of drug-likeness (QED) is 0.637. The minimum atomic E-state index is -1.23. The summed E-state index contributed by atoms with van der Waals surface area (Å²) in [6, 6.07) is 0. The zero-order valence-electron chi connectivity index (χ0n) is 15.7. The summed E-state index contributed by atoms with van der Waals surface area (Å²) in [5, 5.41) is 32.2. The van der Waals surface area contributed by atoms with Gasteiger partial charge in [0.05, 0.1) is 12.2 Å². The van der Waals surface area contributed by atoms with Crippen LogP contribution in [0.3, 0.4) is 0 Å². The summed E-state index contributed by atoms with van der Waals surface area (Å²) in [6.07, 6.45) is 6.68. The van der Waals surface area contributed by atoms with Gasteiger partial charge in [0.1, 0.15) is 5.60 Å². The number of Topliss-reactive ketones (excluding diaryl/α,β-unsaturated/α-hetero) is 1. The van der Waals surface area contributed by atoms with Crippen LogP contribution < -0.4 is 0 Å². The molecule has 0 aromatic rings. The van der Waals surface area contributed by atoms with Gasteiger partial charge in [0.15, 0.2) is 5.78 Å². The maximum Gasteiger partial charge on any atom is 0.161 e. The van der Waals surface area contributed by atoms with Crippen molar-refractivity contribution in [2.24, 2.45) is 28.6 Å². The Morgan fingerprint density at radius 2 is 1.76 bits per heavy atom. The van der Waals surface area contributed by atoms with Crippen molar-refractivity contribution in [2.75, 3.05) is 0 Å². The van der Waals surface area contributed by atoms with E-state index in [2.05, 4.69) is 13.8 Å². The van der Waals surface area contributed by atoms with Gasteiger partial charge in [0.25, 0.3) is 0 Å². The van der Waals surface area contributed by atoms with E-state index >= 15 is 0 Å². The molecular weight excluding hydrogens is 316 g/mol. The summed E-state index contributed by atoms with van der Waals surface area (Å²) in [4.78, 5) is 12.2. The highest BCUT2D eigenvalue weighted by Gasteiger charge is 2.66. The first kappa shape index (κ1) is 17.7. The van der Waals surface area contributed by atoms with Gasteiger partial charge in [-0.25, -0.2) is 0 Å². The predicted molar refractivity (Wildman–Crippen MR) is 94.7 cm³/mol. The second-order valence-electron chi connectivity index (χ2n) is 9.69. The van der Waals surface area contributed by atoms with Gasteiger partial charge in [-0.3, -0.25) is 4.79 Å². The Kier molecular flexibility index (Phi) is 3.82. The number of ketones is 1. The molecule has 0 radical (unpaired) electrons. The fourth-order valence-corrected chi connectivity index (χ4v) is 7.27. The number of hydrogen-bond donors (Lipinski definition) is 3. The Morgan fingerprint density at radius 1 is 1.08 bits per heavy atom. The summed E-state index contributed by atoms with van der Waals surface area (Å²) >= 11 is 0. The highest BCUT2D eigenvalue weighted by atomic mass is 16.3. The highest BCUT2D eigenvalue weighted by Crippen LogP contribution is 2.67. The third-order valence-corrected chi connectivity index (χ3v) is 8.84. The molecule has 2 unspecified atom stereocenters. The average Bonchev–Trinajstić information content (AvgIpc) is 2.82. The van der Waals surface area contributed by atoms with E-state index in [0.29, 0.717) is 18.8 Å². The van der Waals surface area contributed by atoms with E-state index in [1.807, 2.05) is 6.08 Å². The Morgan fingerprint density at radius 3 is 2.44 bits per heavy atom. The van der Waals surface area contributed by atoms with Crippen molar-refractivity contribution in [1.82, 2.24) is 0 Å². The standard InChI is InChI=1S/C21H32O4/c1-12(22)21(25)9-6-16-18-15(5-8-20(16,21)3)19(2)7-4-14(23)10-13(19)11-17(18)24/h10,14-18,23-25H,4-9,11H2,1-3H3/t14?,15-,16-,17?,18+,19-,20-,21-/m0/s1. The van der Waals surface area contributed by atoms with Crippen LogP contribution in [0.4, 0.5) is 0 Å². The van der Waals surface area contributed by atoms with Crippen molar-refractivity contribution in [3.63, 3.8) is 0 Å².